The first kappa shape index (κ1) is 3.50. The van der Waals surface area contributed by atoms with Crippen molar-refractivity contribution in [3.05, 3.63) is 0 Å². The standard InChI is InChI=1S/C3H7NS/c1-4-2-3(4)5/h3,5H,2H2,1H3/t3-,4?/m0/s1. The summed E-state index contributed by atoms with van der Waals surface area (Å²) >= 11 is 4.10. The zero-order valence-corrected chi connectivity index (χ0v) is 4.07. The largest absolute Gasteiger partial charge is 0.291 e. The summed E-state index contributed by atoms with van der Waals surface area (Å²) in [6.45, 7) is 1.17. The van der Waals surface area contributed by atoms with E-state index in [9.17, 15) is 0 Å². The average molecular weight is 89.2 g/mol. The number of likely N-dealkylation sites (N-methyl/N-ethyl adjacent to an activating group) is 1. The molecule has 0 bridgehead atoms. The number of thiol groups is 1. The molecule has 0 saturated carbocycles. The van der Waals surface area contributed by atoms with E-state index in [1.807, 2.05) is 0 Å². The Morgan fingerprint density at radius 3 is 2.20 bits per heavy atom. The highest BCUT2D eigenvalue weighted by Gasteiger charge is 2.23. The van der Waals surface area contributed by atoms with Gasteiger partial charge in [-0.2, -0.15) is 12.6 Å². The van der Waals surface area contributed by atoms with Crippen LogP contribution in [0.25, 0.3) is 0 Å². The Kier molecular flexibility index (Phi) is 0.618. The van der Waals surface area contributed by atoms with Crippen LogP contribution in [0.1, 0.15) is 0 Å². The third-order valence-electron chi connectivity index (χ3n) is 0.826. The summed E-state index contributed by atoms with van der Waals surface area (Å²) in [5.41, 5.74) is 0. The lowest BCUT2D eigenvalue weighted by Crippen LogP contribution is -1.81. The number of rotatable bonds is 0. The monoisotopic (exact) mass is 89.0 g/mol. The van der Waals surface area contributed by atoms with Crippen LogP contribution in [0, 0.1) is 0 Å². The molecule has 0 aromatic carbocycles. The average Bonchev–Trinajstić information content (AvgIpc) is 1.79. The van der Waals surface area contributed by atoms with Crippen molar-refractivity contribution in [1.29, 1.82) is 0 Å². The van der Waals surface area contributed by atoms with Crippen LogP contribution in [-0.2, 0) is 0 Å². The zero-order chi connectivity index (χ0) is 3.86. The minimum absolute atomic E-state index is 0.579. The predicted octanol–water partition coefficient (Wildman–Crippen LogP) is 0.188. The number of hydrogen-bond donors (Lipinski definition) is 1. The lowest BCUT2D eigenvalue weighted by Gasteiger charge is -1.74. The lowest BCUT2D eigenvalue weighted by molar-refractivity contribution is 0.685. The molecule has 1 aliphatic rings. The summed E-state index contributed by atoms with van der Waals surface area (Å²) < 4.78 is 0. The van der Waals surface area contributed by atoms with E-state index in [2.05, 4.69) is 24.6 Å². The Hall–Kier alpha value is 0.310. The van der Waals surface area contributed by atoms with Gasteiger partial charge < -0.3 is 0 Å². The molecule has 1 saturated heterocycles. The molecule has 1 nitrogen and oxygen atoms in total. The molecule has 30 valence electrons. The van der Waals surface area contributed by atoms with Gasteiger partial charge in [0, 0.05) is 6.54 Å². The van der Waals surface area contributed by atoms with Gasteiger partial charge in [0.05, 0.1) is 5.37 Å². The molecule has 1 heterocycles. The fourth-order valence-electron chi connectivity index (χ4n) is 0.210. The van der Waals surface area contributed by atoms with Gasteiger partial charge in [0.15, 0.2) is 0 Å². The molecule has 2 heteroatoms. The molecule has 0 amide bonds. The van der Waals surface area contributed by atoms with E-state index >= 15 is 0 Å². The van der Waals surface area contributed by atoms with E-state index in [-0.39, 0.29) is 0 Å². The Labute approximate surface area is 37.4 Å². The van der Waals surface area contributed by atoms with Gasteiger partial charge in [-0.15, -0.1) is 0 Å². The summed E-state index contributed by atoms with van der Waals surface area (Å²) in [4.78, 5) is 2.16. The van der Waals surface area contributed by atoms with Crippen LogP contribution in [0.5, 0.6) is 0 Å². The second-order valence-corrected chi connectivity index (χ2v) is 2.02. The first-order chi connectivity index (χ1) is 2.30. The third kappa shape index (κ3) is 0.578. The van der Waals surface area contributed by atoms with Gasteiger partial charge in [-0.05, 0) is 7.05 Å². The van der Waals surface area contributed by atoms with Crippen molar-refractivity contribution in [3.8, 4) is 0 Å². The molecule has 1 aliphatic heterocycles. The van der Waals surface area contributed by atoms with E-state index in [0.717, 1.165) is 0 Å². The topological polar surface area (TPSA) is 3.01 Å². The van der Waals surface area contributed by atoms with Gasteiger partial charge >= 0.3 is 0 Å². The van der Waals surface area contributed by atoms with Gasteiger partial charge in [0.1, 0.15) is 0 Å². The third-order valence-corrected chi connectivity index (χ3v) is 1.38. The Morgan fingerprint density at radius 1 is 2.00 bits per heavy atom. The van der Waals surface area contributed by atoms with Crippen LogP contribution in [-0.4, -0.2) is 23.9 Å². The Bertz CT molecular complexity index is 40.2. The fraction of sp³-hybridized carbons (Fsp3) is 1.00. The van der Waals surface area contributed by atoms with E-state index in [4.69, 9.17) is 0 Å². The van der Waals surface area contributed by atoms with E-state index in [1.54, 1.807) is 0 Å². The molecule has 0 N–H and O–H groups in total. The summed E-state index contributed by atoms with van der Waals surface area (Å²) in [6.07, 6.45) is 0. The first-order valence-electron chi connectivity index (χ1n) is 1.69. The summed E-state index contributed by atoms with van der Waals surface area (Å²) in [7, 11) is 2.05. The van der Waals surface area contributed by atoms with Crippen LogP contribution in [0.2, 0.25) is 0 Å². The normalized spacial score (nSPS) is 49.2. The van der Waals surface area contributed by atoms with Crippen molar-refractivity contribution in [3.63, 3.8) is 0 Å². The van der Waals surface area contributed by atoms with Crippen molar-refractivity contribution < 1.29 is 0 Å². The van der Waals surface area contributed by atoms with Crippen molar-refractivity contribution in [1.82, 2.24) is 4.90 Å². The van der Waals surface area contributed by atoms with Crippen LogP contribution < -0.4 is 0 Å². The maximum atomic E-state index is 4.10. The smallest absolute Gasteiger partial charge is 0.0655 e. The van der Waals surface area contributed by atoms with Crippen LogP contribution >= 0.6 is 12.6 Å². The number of hydrogen-bond acceptors (Lipinski definition) is 2. The van der Waals surface area contributed by atoms with Crippen molar-refractivity contribution in [2.75, 3.05) is 13.6 Å². The van der Waals surface area contributed by atoms with Crippen LogP contribution in [0.4, 0.5) is 0 Å². The molecular weight excluding hydrogens is 82.1 g/mol. The molecule has 1 rings (SSSR count). The van der Waals surface area contributed by atoms with Crippen molar-refractivity contribution in [2.24, 2.45) is 0 Å². The molecule has 0 aliphatic carbocycles. The van der Waals surface area contributed by atoms with Gasteiger partial charge in [0.2, 0.25) is 0 Å². The van der Waals surface area contributed by atoms with Crippen molar-refractivity contribution >= 4 is 12.6 Å². The summed E-state index contributed by atoms with van der Waals surface area (Å²) in [6, 6.07) is 0. The zero-order valence-electron chi connectivity index (χ0n) is 3.18. The van der Waals surface area contributed by atoms with Gasteiger partial charge in [-0.3, -0.25) is 4.90 Å². The molecular formula is C3H7NS. The van der Waals surface area contributed by atoms with Crippen molar-refractivity contribution in [2.45, 2.75) is 5.37 Å². The highest BCUT2D eigenvalue weighted by atomic mass is 32.1. The minimum Gasteiger partial charge on any atom is -0.291 e. The van der Waals surface area contributed by atoms with E-state index in [1.165, 1.54) is 6.54 Å². The SMILES string of the molecule is CN1C[C@@H]1S. The predicted molar refractivity (Wildman–Crippen MR) is 25.4 cm³/mol. The first-order valence-corrected chi connectivity index (χ1v) is 2.20. The molecule has 0 aromatic heterocycles. The molecule has 0 spiro atoms. The second-order valence-electron chi connectivity index (χ2n) is 1.42. The summed E-state index contributed by atoms with van der Waals surface area (Å²) in [5, 5.41) is 0.579. The van der Waals surface area contributed by atoms with E-state index in [0.29, 0.717) is 5.37 Å². The molecule has 2 atom stereocenters. The Balaban J connectivity index is 2.20. The maximum Gasteiger partial charge on any atom is 0.0655 e. The second kappa shape index (κ2) is 0.884. The van der Waals surface area contributed by atoms with Gasteiger partial charge in [0.25, 0.3) is 0 Å². The minimum atomic E-state index is 0.579. The molecule has 1 fully saturated rings. The highest BCUT2D eigenvalue weighted by molar-refractivity contribution is 7.81. The Morgan fingerprint density at radius 2 is 2.20 bits per heavy atom. The molecule has 1 unspecified atom stereocenters. The maximum absolute atomic E-state index is 4.10. The molecule has 0 aromatic rings. The van der Waals surface area contributed by atoms with E-state index < -0.39 is 0 Å². The number of nitrogens with zero attached hydrogens (tertiary/aromatic N) is 1. The molecule has 0 radical (unpaired) electrons. The summed E-state index contributed by atoms with van der Waals surface area (Å²) in [5.74, 6) is 0. The quantitative estimate of drug-likeness (QED) is 0.327. The lowest BCUT2D eigenvalue weighted by atomic mass is 11.0. The van der Waals surface area contributed by atoms with Crippen LogP contribution in [0.3, 0.4) is 0 Å². The van der Waals surface area contributed by atoms with Crippen LogP contribution in [0.15, 0.2) is 0 Å². The molecule has 5 heavy (non-hydrogen) atoms. The fourth-order valence-corrected chi connectivity index (χ4v) is 0.468. The van der Waals surface area contributed by atoms with Gasteiger partial charge in [-0.1, -0.05) is 0 Å². The van der Waals surface area contributed by atoms with Gasteiger partial charge in [-0.25, -0.2) is 0 Å². The highest BCUT2D eigenvalue weighted by Crippen LogP contribution is 2.15.